The normalized spacial score (nSPS) is 17.9. The van der Waals surface area contributed by atoms with Crippen LogP contribution in [0.25, 0.3) is 0 Å². The molecule has 1 saturated heterocycles. The maximum Gasteiger partial charge on any atom is 0.150 e. The maximum atomic E-state index is 5.52. The van der Waals surface area contributed by atoms with Gasteiger partial charge in [0.1, 0.15) is 0 Å². The van der Waals surface area contributed by atoms with Crippen molar-refractivity contribution in [1.82, 2.24) is 15.1 Å². The number of anilines is 1. The van der Waals surface area contributed by atoms with Crippen LogP contribution in [0.15, 0.2) is 12.1 Å². The third kappa shape index (κ3) is 3.40. The largest absolute Gasteiger partial charge is 0.358 e. The third-order valence-electron chi connectivity index (χ3n) is 3.68. The minimum atomic E-state index is 0.450. The average molecular weight is 249 g/mol. The van der Waals surface area contributed by atoms with Crippen LogP contribution in [0, 0.1) is 5.92 Å². The standard InChI is InChI=1S/C13H23N5/c1-17-7-5-11(6-8-17)10-18(2)13-4-3-12(9-14)15-16-13/h3-4,11H,5-10,14H2,1-2H3. The van der Waals surface area contributed by atoms with Gasteiger partial charge in [0, 0.05) is 20.1 Å². The third-order valence-corrected chi connectivity index (χ3v) is 3.68. The zero-order chi connectivity index (χ0) is 13.0. The van der Waals surface area contributed by atoms with E-state index in [0.29, 0.717) is 6.54 Å². The van der Waals surface area contributed by atoms with E-state index in [1.807, 2.05) is 12.1 Å². The Hall–Kier alpha value is -1.20. The number of hydrogen-bond acceptors (Lipinski definition) is 5. The summed E-state index contributed by atoms with van der Waals surface area (Å²) in [5.41, 5.74) is 6.36. The summed E-state index contributed by atoms with van der Waals surface area (Å²) in [5, 5.41) is 8.31. The van der Waals surface area contributed by atoms with Gasteiger partial charge in [-0.3, -0.25) is 0 Å². The lowest BCUT2D eigenvalue weighted by Gasteiger charge is -2.31. The lowest BCUT2D eigenvalue weighted by molar-refractivity contribution is 0.222. The molecule has 0 radical (unpaired) electrons. The molecular weight excluding hydrogens is 226 g/mol. The van der Waals surface area contributed by atoms with E-state index in [4.69, 9.17) is 5.73 Å². The van der Waals surface area contributed by atoms with Gasteiger partial charge in [-0.2, -0.15) is 5.10 Å². The Morgan fingerprint density at radius 1 is 1.33 bits per heavy atom. The molecule has 0 spiro atoms. The van der Waals surface area contributed by atoms with Gasteiger partial charge in [0.05, 0.1) is 5.69 Å². The number of nitrogens with zero attached hydrogens (tertiary/aromatic N) is 4. The van der Waals surface area contributed by atoms with Gasteiger partial charge in [-0.05, 0) is 51.0 Å². The molecule has 0 aliphatic carbocycles. The molecule has 0 amide bonds. The van der Waals surface area contributed by atoms with Crippen LogP contribution >= 0.6 is 0 Å². The summed E-state index contributed by atoms with van der Waals surface area (Å²) in [7, 11) is 4.28. The van der Waals surface area contributed by atoms with Crippen LogP contribution in [0.2, 0.25) is 0 Å². The summed E-state index contributed by atoms with van der Waals surface area (Å²) < 4.78 is 0. The first kappa shape index (κ1) is 13.2. The van der Waals surface area contributed by atoms with Crippen molar-refractivity contribution in [2.45, 2.75) is 19.4 Å². The number of rotatable bonds is 4. The van der Waals surface area contributed by atoms with Gasteiger partial charge in [-0.1, -0.05) is 0 Å². The van der Waals surface area contributed by atoms with E-state index in [-0.39, 0.29) is 0 Å². The highest BCUT2D eigenvalue weighted by molar-refractivity contribution is 5.36. The Bertz CT molecular complexity index is 356. The van der Waals surface area contributed by atoms with E-state index in [9.17, 15) is 0 Å². The Balaban J connectivity index is 1.88. The summed E-state index contributed by atoms with van der Waals surface area (Å²) in [5.74, 6) is 1.70. The monoisotopic (exact) mass is 249 g/mol. The highest BCUT2D eigenvalue weighted by Gasteiger charge is 2.18. The summed E-state index contributed by atoms with van der Waals surface area (Å²) in [4.78, 5) is 4.59. The second kappa shape index (κ2) is 6.11. The van der Waals surface area contributed by atoms with Crippen LogP contribution in [0.5, 0.6) is 0 Å². The van der Waals surface area contributed by atoms with Crippen molar-refractivity contribution in [2.75, 3.05) is 38.6 Å². The molecule has 0 unspecified atom stereocenters. The summed E-state index contributed by atoms with van der Waals surface area (Å²) in [6, 6.07) is 3.96. The number of hydrogen-bond donors (Lipinski definition) is 1. The van der Waals surface area contributed by atoms with Crippen molar-refractivity contribution in [1.29, 1.82) is 0 Å². The second-order valence-corrected chi connectivity index (χ2v) is 5.21. The van der Waals surface area contributed by atoms with Gasteiger partial charge in [-0.25, -0.2) is 0 Å². The van der Waals surface area contributed by atoms with Crippen molar-refractivity contribution >= 4 is 5.82 Å². The SMILES string of the molecule is CN1CCC(CN(C)c2ccc(CN)nn2)CC1. The van der Waals surface area contributed by atoms with Gasteiger partial charge >= 0.3 is 0 Å². The summed E-state index contributed by atoms with van der Waals surface area (Å²) in [6.07, 6.45) is 2.55. The molecular formula is C13H23N5. The van der Waals surface area contributed by atoms with Gasteiger partial charge in [0.15, 0.2) is 5.82 Å². The minimum absolute atomic E-state index is 0.450. The van der Waals surface area contributed by atoms with E-state index >= 15 is 0 Å². The first-order chi connectivity index (χ1) is 8.69. The molecule has 5 nitrogen and oxygen atoms in total. The average Bonchev–Trinajstić information content (AvgIpc) is 2.41. The second-order valence-electron chi connectivity index (χ2n) is 5.21. The Morgan fingerprint density at radius 2 is 2.06 bits per heavy atom. The Kier molecular flexibility index (Phi) is 4.49. The highest BCUT2D eigenvalue weighted by Crippen LogP contribution is 2.19. The lowest BCUT2D eigenvalue weighted by Crippen LogP contribution is -2.36. The van der Waals surface area contributed by atoms with Crippen molar-refractivity contribution in [3.8, 4) is 0 Å². The molecule has 1 fully saturated rings. The molecule has 2 N–H and O–H groups in total. The van der Waals surface area contributed by atoms with E-state index in [1.54, 1.807) is 0 Å². The molecule has 2 rings (SSSR count). The summed E-state index contributed by atoms with van der Waals surface area (Å²) in [6.45, 7) is 3.92. The van der Waals surface area contributed by atoms with Crippen molar-refractivity contribution < 1.29 is 0 Å². The molecule has 5 heteroatoms. The zero-order valence-electron chi connectivity index (χ0n) is 11.3. The quantitative estimate of drug-likeness (QED) is 0.852. The molecule has 1 aromatic heterocycles. The molecule has 1 aromatic rings. The predicted octanol–water partition coefficient (Wildman–Crippen LogP) is 0.713. The van der Waals surface area contributed by atoms with Crippen LogP contribution < -0.4 is 10.6 Å². The van der Waals surface area contributed by atoms with Crippen LogP contribution in [-0.2, 0) is 6.54 Å². The van der Waals surface area contributed by atoms with E-state index in [0.717, 1.165) is 24.0 Å². The number of likely N-dealkylation sites (tertiary alicyclic amines) is 1. The highest BCUT2D eigenvalue weighted by atomic mass is 15.2. The minimum Gasteiger partial charge on any atom is -0.358 e. The Labute approximate surface area is 109 Å². The first-order valence-corrected chi connectivity index (χ1v) is 6.61. The van der Waals surface area contributed by atoms with Crippen molar-refractivity contribution in [3.05, 3.63) is 17.8 Å². The number of nitrogens with two attached hydrogens (primary N) is 1. The molecule has 0 saturated carbocycles. The van der Waals surface area contributed by atoms with Crippen LogP contribution in [-0.4, -0.2) is 48.8 Å². The van der Waals surface area contributed by atoms with Crippen LogP contribution in [0.1, 0.15) is 18.5 Å². The topological polar surface area (TPSA) is 58.3 Å². The van der Waals surface area contributed by atoms with E-state index in [2.05, 4.69) is 34.1 Å². The van der Waals surface area contributed by atoms with Crippen LogP contribution in [0.3, 0.4) is 0 Å². The fourth-order valence-electron chi connectivity index (χ4n) is 2.39. The van der Waals surface area contributed by atoms with Crippen molar-refractivity contribution in [2.24, 2.45) is 11.7 Å². The fraction of sp³-hybridized carbons (Fsp3) is 0.692. The fourth-order valence-corrected chi connectivity index (χ4v) is 2.39. The van der Waals surface area contributed by atoms with Gasteiger partial charge < -0.3 is 15.5 Å². The molecule has 0 aromatic carbocycles. The molecule has 100 valence electrons. The van der Waals surface area contributed by atoms with Gasteiger partial charge in [0.2, 0.25) is 0 Å². The molecule has 2 heterocycles. The van der Waals surface area contributed by atoms with Gasteiger partial charge in [0.25, 0.3) is 0 Å². The van der Waals surface area contributed by atoms with Crippen molar-refractivity contribution in [3.63, 3.8) is 0 Å². The van der Waals surface area contributed by atoms with E-state index < -0.39 is 0 Å². The van der Waals surface area contributed by atoms with E-state index in [1.165, 1.54) is 25.9 Å². The number of aromatic nitrogens is 2. The Morgan fingerprint density at radius 3 is 2.61 bits per heavy atom. The molecule has 0 atom stereocenters. The number of piperidine rings is 1. The lowest BCUT2D eigenvalue weighted by atomic mass is 9.97. The van der Waals surface area contributed by atoms with Gasteiger partial charge in [-0.15, -0.1) is 5.10 Å². The smallest absolute Gasteiger partial charge is 0.150 e. The predicted molar refractivity (Wildman–Crippen MR) is 73.4 cm³/mol. The zero-order valence-corrected chi connectivity index (χ0v) is 11.3. The maximum absolute atomic E-state index is 5.52. The molecule has 0 bridgehead atoms. The first-order valence-electron chi connectivity index (χ1n) is 6.61. The van der Waals surface area contributed by atoms with Crippen LogP contribution in [0.4, 0.5) is 5.82 Å². The summed E-state index contributed by atoms with van der Waals surface area (Å²) >= 11 is 0. The molecule has 18 heavy (non-hydrogen) atoms. The molecule has 1 aliphatic rings. The molecule has 1 aliphatic heterocycles.